The molecule has 1 fully saturated rings. The number of hydrogen-bond donors (Lipinski definition) is 1. The Hall–Kier alpha value is -2.90. The maximum Gasteiger partial charge on any atom is 0.271 e. The maximum atomic E-state index is 12.4. The molecule has 2 aromatic carbocycles. The van der Waals surface area contributed by atoms with Crippen molar-refractivity contribution in [2.75, 3.05) is 40.5 Å². The van der Waals surface area contributed by atoms with Gasteiger partial charge in [0.25, 0.3) is 5.91 Å². The van der Waals surface area contributed by atoms with Gasteiger partial charge in [0, 0.05) is 30.8 Å². The molecule has 3 rings (SSSR count). The predicted octanol–water partition coefficient (Wildman–Crippen LogP) is 2.69. The molecule has 0 atom stereocenters. The molecule has 0 aromatic heterocycles. The highest BCUT2D eigenvalue weighted by atomic mass is 16.5. The number of ether oxygens (including phenoxy) is 3. The monoisotopic (exact) mass is 397 g/mol. The smallest absolute Gasteiger partial charge is 0.271 e. The van der Waals surface area contributed by atoms with E-state index < -0.39 is 0 Å². The molecule has 0 aliphatic carbocycles. The number of carbonyl (C=O) groups is 1. The van der Waals surface area contributed by atoms with Crippen LogP contribution >= 0.6 is 0 Å². The highest BCUT2D eigenvalue weighted by Gasteiger charge is 2.12. The van der Waals surface area contributed by atoms with Gasteiger partial charge in [-0.3, -0.25) is 9.69 Å². The maximum absolute atomic E-state index is 12.4. The van der Waals surface area contributed by atoms with Crippen LogP contribution in [-0.2, 0) is 11.3 Å². The lowest BCUT2D eigenvalue weighted by Crippen LogP contribution is -2.35. The van der Waals surface area contributed by atoms with Crippen molar-refractivity contribution in [3.05, 3.63) is 59.2 Å². The summed E-state index contributed by atoms with van der Waals surface area (Å²) in [6.45, 7) is 6.11. The van der Waals surface area contributed by atoms with Gasteiger partial charge in [0.1, 0.15) is 0 Å². The molecule has 1 saturated heterocycles. The van der Waals surface area contributed by atoms with Crippen molar-refractivity contribution in [3.63, 3.8) is 0 Å². The molecular weight excluding hydrogens is 370 g/mol. The highest BCUT2D eigenvalue weighted by molar-refractivity contribution is 6.01. The quantitative estimate of drug-likeness (QED) is 0.575. The Labute approximate surface area is 171 Å². The number of nitrogens with zero attached hydrogens (tertiary/aromatic N) is 2. The van der Waals surface area contributed by atoms with Crippen LogP contribution in [0.1, 0.15) is 28.4 Å². The average Bonchev–Trinajstić information content (AvgIpc) is 2.78. The molecule has 1 heterocycles. The Morgan fingerprint density at radius 2 is 1.69 bits per heavy atom. The molecule has 7 nitrogen and oxygen atoms in total. The summed E-state index contributed by atoms with van der Waals surface area (Å²) in [7, 11) is 3.17. The summed E-state index contributed by atoms with van der Waals surface area (Å²) in [6.07, 6.45) is 0. The largest absolute Gasteiger partial charge is 0.493 e. The van der Waals surface area contributed by atoms with Gasteiger partial charge in [-0.05, 0) is 42.8 Å². The Kier molecular flexibility index (Phi) is 7.21. The second-order valence-electron chi connectivity index (χ2n) is 6.79. The van der Waals surface area contributed by atoms with Gasteiger partial charge in [0.15, 0.2) is 11.5 Å². The minimum Gasteiger partial charge on any atom is -0.493 e. The fraction of sp³-hybridized carbons (Fsp3) is 0.364. The van der Waals surface area contributed by atoms with E-state index in [2.05, 4.69) is 15.4 Å². The lowest BCUT2D eigenvalue weighted by atomic mass is 10.1. The van der Waals surface area contributed by atoms with Crippen LogP contribution < -0.4 is 14.9 Å². The summed E-state index contributed by atoms with van der Waals surface area (Å²) in [5.41, 5.74) is 5.86. The van der Waals surface area contributed by atoms with Gasteiger partial charge in [0.05, 0.1) is 33.1 Å². The van der Waals surface area contributed by atoms with Crippen molar-refractivity contribution in [2.45, 2.75) is 13.5 Å². The van der Waals surface area contributed by atoms with Crippen LogP contribution in [-0.4, -0.2) is 57.0 Å². The molecule has 0 saturated carbocycles. The first-order chi connectivity index (χ1) is 14.1. The first-order valence-electron chi connectivity index (χ1n) is 9.57. The number of morpholine rings is 1. The Morgan fingerprint density at radius 1 is 1.03 bits per heavy atom. The number of benzene rings is 2. The average molecular weight is 397 g/mol. The number of hydrazone groups is 1. The summed E-state index contributed by atoms with van der Waals surface area (Å²) >= 11 is 0. The van der Waals surface area contributed by atoms with Crippen LogP contribution in [0.4, 0.5) is 0 Å². The van der Waals surface area contributed by atoms with E-state index in [0.29, 0.717) is 22.8 Å². The van der Waals surface area contributed by atoms with Crippen LogP contribution in [0, 0.1) is 0 Å². The molecule has 7 heteroatoms. The Bertz CT molecular complexity index is 859. The van der Waals surface area contributed by atoms with Crippen LogP contribution in [0.5, 0.6) is 11.5 Å². The molecule has 1 amide bonds. The van der Waals surface area contributed by atoms with Gasteiger partial charge >= 0.3 is 0 Å². The lowest BCUT2D eigenvalue weighted by Gasteiger charge is -2.26. The fourth-order valence-electron chi connectivity index (χ4n) is 3.10. The van der Waals surface area contributed by atoms with Crippen LogP contribution in [0.3, 0.4) is 0 Å². The van der Waals surface area contributed by atoms with E-state index >= 15 is 0 Å². The van der Waals surface area contributed by atoms with Gasteiger partial charge in [-0.25, -0.2) is 5.43 Å². The zero-order valence-corrected chi connectivity index (χ0v) is 17.1. The molecule has 2 aromatic rings. The standard InChI is InChI=1S/C22H27N3O4/c1-16(19-8-9-20(27-2)21(14-19)28-3)23-24-22(26)18-6-4-17(5-7-18)15-25-10-12-29-13-11-25/h4-9,14H,10-13,15H2,1-3H3,(H,24,26)/b23-16+. The van der Waals surface area contributed by atoms with Gasteiger partial charge in [-0.15, -0.1) is 0 Å². The first kappa shape index (κ1) is 20.8. The van der Waals surface area contributed by atoms with Crippen LogP contribution in [0.15, 0.2) is 47.6 Å². The van der Waals surface area contributed by atoms with Crippen LogP contribution in [0.25, 0.3) is 0 Å². The second kappa shape index (κ2) is 10.0. The number of amides is 1. The predicted molar refractivity (Wildman–Crippen MR) is 112 cm³/mol. The molecule has 154 valence electrons. The molecule has 1 aliphatic heterocycles. The van der Waals surface area contributed by atoms with E-state index in [1.807, 2.05) is 49.4 Å². The second-order valence-corrected chi connectivity index (χ2v) is 6.79. The van der Waals surface area contributed by atoms with E-state index in [9.17, 15) is 4.79 Å². The van der Waals surface area contributed by atoms with E-state index in [1.165, 1.54) is 5.56 Å². The van der Waals surface area contributed by atoms with E-state index in [0.717, 1.165) is 38.4 Å². The molecule has 0 bridgehead atoms. The summed E-state index contributed by atoms with van der Waals surface area (Å²) < 4.78 is 15.9. The summed E-state index contributed by atoms with van der Waals surface area (Å²) in [6, 6.07) is 13.1. The SMILES string of the molecule is COc1ccc(/C(C)=N/NC(=O)c2ccc(CN3CCOCC3)cc2)cc1OC. The molecular formula is C22H27N3O4. The minimum absolute atomic E-state index is 0.247. The minimum atomic E-state index is -0.247. The van der Waals surface area contributed by atoms with Crippen molar-refractivity contribution < 1.29 is 19.0 Å². The van der Waals surface area contributed by atoms with Crippen molar-refractivity contribution >= 4 is 11.6 Å². The molecule has 29 heavy (non-hydrogen) atoms. The van der Waals surface area contributed by atoms with Gasteiger partial charge in [-0.1, -0.05) is 12.1 Å². The highest BCUT2D eigenvalue weighted by Crippen LogP contribution is 2.27. The van der Waals surface area contributed by atoms with Gasteiger partial charge in [0.2, 0.25) is 0 Å². The molecule has 1 aliphatic rings. The van der Waals surface area contributed by atoms with Crippen molar-refractivity contribution in [3.8, 4) is 11.5 Å². The normalized spacial score (nSPS) is 15.1. The third-order valence-electron chi connectivity index (χ3n) is 4.85. The number of methoxy groups -OCH3 is 2. The van der Waals surface area contributed by atoms with Gasteiger partial charge in [-0.2, -0.15) is 5.10 Å². The third-order valence-corrected chi connectivity index (χ3v) is 4.85. The van der Waals surface area contributed by atoms with Crippen molar-refractivity contribution in [1.82, 2.24) is 10.3 Å². The molecule has 0 spiro atoms. The lowest BCUT2D eigenvalue weighted by molar-refractivity contribution is 0.0342. The van der Waals surface area contributed by atoms with E-state index in [-0.39, 0.29) is 5.91 Å². The third kappa shape index (κ3) is 5.56. The van der Waals surface area contributed by atoms with Crippen molar-refractivity contribution in [2.24, 2.45) is 5.10 Å². The molecule has 0 unspecified atom stereocenters. The first-order valence-corrected chi connectivity index (χ1v) is 9.57. The summed E-state index contributed by atoms with van der Waals surface area (Å²) in [5, 5.41) is 4.22. The Balaban J connectivity index is 1.60. The fourth-order valence-corrected chi connectivity index (χ4v) is 3.10. The number of rotatable bonds is 7. The molecule has 0 radical (unpaired) electrons. The zero-order valence-electron chi connectivity index (χ0n) is 17.1. The van der Waals surface area contributed by atoms with Gasteiger partial charge < -0.3 is 14.2 Å². The van der Waals surface area contributed by atoms with Crippen LogP contribution in [0.2, 0.25) is 0 Å². The number of nitrogens with one attached hydrogen (secondary N) is 1. The number of hydrogen-bond acceptors (Lipinski definition) is 6. The Morgan fingerprint density at radius 3 is 2.34 bits per heavy atom. The topological polar surface area (TPSA) is 72.4 Å². The molecule has 1 N–H and O–H groups in total. The van der Waals surface area contributed by atoms with E-state index in [4.69, 9.17) is 14.2 Å². The summed E-state index contributed by atoms with van der Waals surface area (Å²) in [4.78, 5) is 14.8. The van der Waals surface area contributed by atoms with Crippen molar-refractivity contribution in [1.29, 1.82) is 0 Å². The van der Waals surface area contributed by atoms with E-state index in [1.54, 1.807) is 14.2 Å². The zero-order chi connectivity index (χ0) is 20.6. The summed E-state index contributed by atoms with van der Waals surface area (Å²) in [5.74, 6) is 1.01. The number of carbonyl (C=O) groups excluding carboxylic acids is 1.